The first-order valence-electron chi connectivity index (χ1n) is 7.11. The van der Waals surface area contributed by atoms with Crippen LogP contribution in [0.2, 0.25) is 0 Å². The number of amides is 1. The predicted molar refractivity (Wildman–Crippen MR) is 81.9 cm³/mol. The van der Waals surface area contributed by atoms with E-state index in [0.29, 0.717) is 10.6 Å². The summed E-state index contributed by atoms with van der Waals surface area (Å²) < 4.78 is 12.4. The van der Waals surface area contributed by atoms with Gasteiger partial charge in [0.05, 0.1) is 10.8 Å². The Kier molecular flexibility index (Phi) is 5.17. The normalized spacial score (nSPS) is 17.6. The zero-order valence-corrected chi connectivity index (χ0v) is 12.7. The number of hydrogen-bond acceptors (Lipinski definition) is 3. The molecule has 1 aromatic carbocycles. The summed E-state index contributed by atoms with van der Waals surface area (Å²) >= 11 is 0. The topological polar surface area (TPSA) is 63.4 Å². The maximum atomic E-state index is 12.4. The van der Waals surface area contributed by atoms with E-state index in [-0.39, 0.29) is 11.7 Å². The summed E-state index contributed by atoms with van der Waals surface area (Å²) in [7, 11) is -1.31. The Morgan fingerprint density at radius 3 is 2.55 bits per heavy atom. The third kappa shape index (κ3) is 3.60. The average Bonchev–Trinajstić information content (AvgIpc) is 2.70. The molecule has 4 nitrogen and oxygen atoms in total. The minimum Gasteiger partial charge on any atom is -0.398 e. The summed E-state index contributed by atoms with van der Waals surface area (Å²) in [5.74, 6) is 0.0525. The van der Waals surface area contributed by atoms with Crippen molar-refractivity contribution >= 4 is 22.4 Å². The molecule has 0 spiro atoms. The molecule has 0 aromatic heterocycles. The van der Waals surface area contributed by atoms with Crippen molar-refractivity contribution in [2.75, 3.05) is 24.6 Å². The van der Waals surface area contributed by atoms with E-state index in [9.17, 15) is 9.00 Å². The Morgan fingerprint density at radius 2 is 1.90 bits per heavy atom. The Labute approximate surface area is 122 Å². The highest BCUT2D eigenvalue weighted by Gasteiger charge is 2.19. The van der Waals surface area contributed by atoms with Gasteiger partial charge < -0.3 is 10.6 Å². The van der Waals surface area contributed by atoms with Crippen molar-refractivity contribution in [3.63, 3.8) is 0 Å². The predicted octanol–water partition coefficient (Wildman–Crippen LogP) is 2.09. The van der Waals surface area contributed by atoms with E-state index in [1.54, 1.807) is 18.2 Å². The van der Waals surface area contributed by atoms with Gasteiger partial charge in [0.1, 0.15) is 5.75 Å². The van der Waals surface area contributed by atoms with Crippen molar-refractivity contribution < 1.29 is 9.00 Å². The highest BCUT2D eigenvalue weighted by Crippen LogP contribution is 2.19. The second kappa shape index (κ2) is 6.88. The smallest absolute Gasteiger partial charge is 0.235 e. The Hall–Kier alpha value is -1.36. The SMILES string of the molecule is Cc1c(N)cccc1S(=O)CC(=O)N1CCCCCC1. The monoisotopic (exact) mass is 294 g/mol. The number of nitrogens with two attached hydrogens (primary N) is 1. The summed E-state index contributed by atoms with van der Waals surface area (Å²) in [5.41, 5.74) is 7.26. The first kappa shape index (κ1) is 15.0. The highest BCUT2D eigenvalue weighted by molar-refractivity contribution is 7.85. The summed E-state index contributed by atoms with van der Waals surface area (Å²) in [5, 5.41) is 0. The van der Waals surface area contributed by atoms with Crippen LogP contribution in [0.15, 0.2) is 23.1 Å². The van der Waals surface area contributed by atoms with Gasteiger partial charge in [0, 0.05) is 23.7 Å². The second-order valence-electron chi connectivity index (χ2n) is 5.26. The van der Waals surface area contributed by atoms with Gasteiger partial charge in [0.2, 0.25) is 5.91 Å². The Morgan fingerprint density at radius 1 is 1.25 bits per heavy atom. The minimum absolute atomic E-state index is 0.00735. The average molecular weight is 294 g/mol. The molecule has 0 bridgehead atoms. The molecule has 1 fully saturated rings. The standard InChI is InChI=1S/C15H22N2O2S/c1-12-13(16)7-6-8-14(12)20(19)11-15(18)17-9-4-2-3-5-10-17/h6-8H,2-5,9-11,16H2,1H3. The van der Waals surface area contributed by atoms with Crippen LogP contribution in [0.25, 0.3) is 0 Å². The van der Waals surface area contributed by atoms with Gasteiger partial charge in [-0.05, 0) is 37.5 Å². The van der Waals surface area contributed by atoms with Crippen LogP contribution in [0.3, 0.4) is 0 Å². The van der Waals surface area contributed by atoms with Crippen LogP contribution in [0.5, 0.6) is 0 Å². The van der Waals surface area contributed by atoms with Gasteiger partial charge in [-0.3, -0.25) is 9.00 Å². The van der Waals surface area contributed by atoms with Gasteiger partial charge in [-0.15, -0.1) is 0 Å². The van der Waals surface area contributed by atoms with E-state index in [2.05, 4.69) is 0 Å². The van der Waals surface area contributed by atoms with Crippen molar-refractivity contribution in [3.8, 4) is 0 Å². The van der Waals surface area contributed by atoms with Gasteiger partial charge in [-0.2, -0.15) is 0 Å². The molecule has 2 N–H and O–H groups in total. The third-order valence-corrected chi connectivity index (χ3v) is 5.23. The van der Waals surface area contributed by atoms with E-state index >= 15 is 0 Å². The molecule has 0 radical (unpaired) electrons. The van der Waals surface area contributed by atoms with Crippen LogP contribution in [-0.2, 0) is 15.6 Å². The Balaban J connectivity index is 2.03. The molecule has 110 valence electrons. The number of rotatable bonds is 3. The molecule has 5 heteroatoms. The van der Waals surface area contributed by atoms with Crippen LogP contribution in [0, 0.1) is 6.92 Å². The van der Waals surface area contributed by atoms with Crippen LogP contribution in [-0.4, -0.2) is 33.9 Å². The number of carbonyl (C=O) groups excluding carboxylic acids is 1. The highest BCUT2D eigenvalue weighted by atomic mass is 32.2. The summed E-state index contributed by atoms with van der Waals surface area (Å²) in [6.45, 7) is 3.44. The van der Waals surface area contributed by atoms with Gasteiger partial charge in [0.15, 0.2) is 0 Å². The van der Waals surface area contributed by atoms with Crippen LogP contribution in [0.4, 0.5) is 5.69 Å². The summed E-state index contributed by atoms with van der Waals surface area (Å²) in [4.78, 5) is 14.8. The van der Waals surface area contributed by atoms with Crippen molar-refractivity contribution in [2.24, 2.45) is 0 Å². The lowest BCUT2D eigenvalue weighted by Gasteiger charge is -2.20. The number of nitrogen functional groups attached to an aromatic ring is 1. The van der Waals surface area contributed by atoms with E-state index in [0.717, 1.165) is 31.5 Å². The lowest BCUT2D eigenvalue weighted by Crippen LogP contribution is -2.35. The molecule has 1 heterocycles. The van der Waals surface area contributed by atoms with E-state index < -0.39 is 10.8 Å². The molecular weight excluding hydrogens is 272 g/mol. The van der Waals surface area contributed by atoms with Crippen molar-refractivity contribution in [3.05, 3.63) is 23.8 Å². The quantitative estimate of drug-likeness (QED) is 0.868. The molecule has 1 unspecified atom stereocenters. The zero-order chi connectivity index (χ0) is 14.5. The molecule has 20 heavy (non-hydrogen) atoms. The maximum Gasteiger partial charge on any atom is 0.235 e. The molecular formula is C15H22N2O2S. The molecule has 0 aliphatic carbocycles. The molecule has 1 amide bonds. The fraction of sp³-hybridized carbons (Fsp3) is 0.533. The third-order valence-electron chi connectivity index (χ3n) is 3.78. The number of carbonyl (C=O) groups is 1. The van der Waals surface area contributed by atoms with Gasteiger partial charge in [-0.25, -0.2) is 0 Å². The van der Waals surface area contributed by atoms with Gasteiger partial charge in [-0.1, -0.05) is 18.9 Å². The van der Waals surface area contributed by atoms with Crippen LogP contribution in [0.1, 0.15) is 31.2 Å². The van der Waals surface area contributed by atoms with Crippen molar-refractivity contribution in [1.82, 2.24) is 4.90 Å². The van der Waals surface area contributed by atoms with Crippen LogP contribution < -0.4 is 5.73 Å². The second-order valence-corrected chi connectivity index (χ2v) is 6.67. The number of likely N-dealkylation sites (tertiary alicyclic amines) is 1. The van der Waals surface area contributed by atoms with Gasteiger partial charge in [0.25, 0.3) is 0 Å². The van der Waals surface area contributed by atoms with E-state index in [1.165, 1.54) is 12.8 Å². The fourth-order valence-electron chi connectivity index (χ4n) is 2.48. The molecule has 1 aromatic rings. The fourth-order valence-corrected chi connectivity index (χ4v) is 3.73. The number of nitrogens with zero attached hydrogens (tertiary/aromatic N) is 1. The lowest BCUT2D eigenvalue weighted by molar-refractivity contribution is -0.128. The van der Waals surface area contributed by atoms with Crippen molar-refractivity contribution in [1.29, 1.82) is 0 Å². The molecule has 1 atom stereocenters. The lowest BCUT2D eigenvalue weighted by atomic mass is 10.2. The first-order valence-corrected chi connectivity index (χ1v) is 8.42. The number of benzene rings is 1. The molecule has 1 aliphatic rings. The minimum atomic E-state index is -1.31. The molecule has 1 saturated heterocycles. The van der Waals surface area contributed by atoms with Crippen molar-refractivity contribution in [2.45, 2.75) is 37.5 Å². The van der Waals surface area contributed by atoms with E-state index in [4.69, 9.17) is 5.73 Å². The largest absolute Gasteiger partial charge is 0.398 e. The summed E-state index contributed by atoms with van der Waals surface area (Å²) in [6, 6.07) is 5.36. The Bertz CT molecular complexity index is 509. The van der Waals surface area contributed by atoms with E-state index in [1.807, 2.05) is 11.8 Å². The summed E-state index contributed by atoms with van der Waals surface area (Å²) in [6.07, 6.45) is 4.47. The zero-order valence-electron chi connectivity index (χ0n) is 11.9. The number of hydrogen-bond donors (Lipinski definition) is 1. The van der Waals surface area contributed by atoms with Gasteiger partial charge >= 0.3 is 0 Å². The number of anilines is 1. The maximum absolute atomic E-state index is 12.4. The molecule has 1 aliphatic heterocycles. The first-order chi connectivity index (χ1) is 9.59. The molecule has 0 saturated carbocycles. The van der Waals surface area contributed by atoms with Crippen LogP contribution >= 0.6 is 0 Å². The molecule has 2 rings (SSSR count).